The first-order valence-electron chi connectivity index (χ1n) is 9.48. The van der Waals surface area contributed by atoms with Crippen LogP contribution >= 0.6 is 0 Å². The molecule has 0 aromatic carbocycles. The van der Waals surface area contributed by atoms with Crippen molar-refractivity contribution in [1.82, 2.24) is 5.32 Å². The molecule has 5 heteroatoms. The van der Waals surface area contributed by atoms with Gasteiger partial charge in [-0.3, -0.25) is 4.79 Å². The number of amides is 1. The van der Waals surface area contributed by atoms with E-state index in [1.54, 1.807) is 7.05 Å². The third-order valence-electron chi connectivity index (χ3n) is 6.26. The molecular formula is C18H31N3O2. The Morgan fingerprint density at radius 3 is 2.48 bits per heavy atom. The van der Waals surface area contributed by atoms with Crippen LogP contribution in [0.15, 0.2) is 10.2 Å². The Labute approximate surface area is 139 Å². The Balaban J connectivity index is 1.68. The molecule has 0 bridgehead atoms. The number of nitrogens with one attached hydrogen (secondary N) is 1. The fourth-order valence-corrected chi connectivity index (χ4v) is 5.04. The van der Waals surface area contributed by atoms with E-state index in [4.69, 9.17) is 0 Å². The summed E-state index contributed by atoms with van der Waals surface area (Å²) in [6.45, 7) is 0. The number of fused-ring (bicyclic) bond motifs is 1. The fourth-order valence-electron chi connectivity index (χ4n) is 5.04. The van der Waals surface area contributed by atoms with Crippen molar-refractivity contribution in [3.05, 3.63) is 0 Å². The molecule has 3 fully saturated rings. The van der Waals surface area contributed by atoms with Crippen molar-refractivity contribution in [2.24, 2.45) is 28.0 Å². The molecule has 3 aliphatic carbocycles. The van der Waals surface area contributed by atoms with Crippen LogP contribution in [-0.4, -0.2) is 36.2 Å². The molecule has 5 atom stereocenters. The van der Waals surface area contributed by atoms with Crippen LogP contribution in [0, 0.1) is 17.8 Å². The summed E-state index contributed by atoms with van der Waals surface area (Å²) in [5.74, 6) is 0.655. The van der Waals surface area contributed by atoms with Crippen LogP contribution < -0.4 is 5.32 Å². The fraction of sp³-hybridized carbons (Fsp3) is 0.944. The standard InChI is InChI=1S/C18H31N3O2/c1-19-21-16-14-10-6-5-7-12(14)11-15(17(16)22)18(23)20-13-8-3-2-4-9-13/h12-17,22H,2-11H2,1H3,(H,20,23). The van der Waals surface area contributed by atoms with Gasteiger partial charge in [-0.25, -0.2) is 0 Å². The minimum atomic E-state index is -0.679. The third-order valence-corrected chi connectivity index (χ3v) is 6.26. The Bertz CT molecular complexity index is 434. The Kier molecular flexibility index (Phi) is 5.67. The smallest absolute Gasteiger partial charge is 0.226 e. The maximum Gasteiger partial charge on any atom is 0.226 e. The van der Waals surface area contributed by atoms with E-state index in [0.29, 0.717) is 17.9 Å². The van der Waals surface area contributed by atoms with E-state index in [1.165, 1.54) is 38.5 Å². The Hall–Kier alpha value is -0.970. The summed E-state index contributed by atoms with van der Waals surface area (Å²) in [5.41, 5.74) is 0. The van der Waals surface area contributed by atoms with Gasteiger partial charge >= 0.3 is 0 Å². The van der Waals surface area contributed by atoms with Crippen molar-refractivity contribution in [2.75, 3.05) is 7.05 Å². The van der Waals surface area contributed by atoms with Gasteiger partial charge in [-0.1, -0.05) is 38.5 Å². The monoisotopic (exact) mass is 321 g/mol. The predicted octanol–water partition coefficient (Wildman–Crippen LogP) is 3.07. The summed E-state index contributed by atoms with van der Waals surface area (Å²) in [5, 5.41) is 22.3. The van der Waals surface area contributed by atoms with Gasteiger partial charge in [-0.2, -0.15) is 10.2 Å². The highest BCUT2D eigenvalue weighted by molar-refractivity contribution is 5.79. The second-order valence-corrected chi connectivity index (χ2v) is 7.69. The van der Waals surface area contributed by atoms with Gasteiger partial charge in [-0.05, 0) is 37.5 Å². The van der Waals surface area contributed by atoms with Crippen molar-refractivity contribution >= 4 is 5.91 Å². The zero-order valence-corrected chi connectivity index (χ0v) is 14.3. The Morgan fingerprint density at radius 1 is 1.04 bits per heavy atom. The predicted molar refractivity (Wildman–Crippen MR) is 89.1 cm³/mol. The van der Waals surface area contributed by atoms with Gasteiger partial charge in [0.25, 0.3) is 0 Å². The van der Waals surface area contributed by atoms with Crippen LogP contribution in [0.1, 0.15) is 64.2 Å². The maximum atomic E-state index is 12.8. The van der Waals surface area contributed by atoms with Crippen LogP contribution in [0.25, 0.3) is 0 Å². The van der Waals surface area contributed by atoms with Gasteiger partial charge in [0.05, 0.1) is 12.0 Å². The van der Waals surface area contributed by atoms with Gasteiger partial charge < -0.3 is 10.4 Å². The van der Waals surface area contributed by atoms with Gasteiger partial charge in [0.1, 0.15) is 6.04 Å². The number of carbonyl (C=O) groups excluding carboxylic acids is 1. The van der Waals surface area contributed by atoms with E-state index in [-0.39, 0.29) is 17.9 Å². The summed E-state index contributed by atoms with van der Waals surface area (Å²) in [6, 6.07) is 0.111. The molecular weight excluding hydrogens is 290 g/mol. The number of aliphatic hydroxyl groups is 1. The van der Waals surface area contributed by atoms with E-state index >= 15 is 0 Å². The van der Waals surface area contributed by atoms with Crippen molar-refractivity contribution in [2.45, 2.75) is 82.4 Å². The van der Waals surface area contributed by atoms with Crippen LogP contribution in [0.2, 0.25) is 0 Å². The van der Waals surface area contributed by atoms with Crippen LogP contribution in [-0.2, 0) is 4.79 Å². The minimum absolute atomic E-state index is 0.0460. The largest absolute Gasteiger partial charge is 0.390 e. The van der Waals surface area contributed by atoms with Gasteiger partial charge in [-0.15, -0.1) is 0 Å². The van der Waals surface area contributed by atoms with E-state index in [1.807, 2.05) is 0 Å². The van der Waals surface area contributed by atoms with E-state index < -0.39 is 6.10 Å². The lowest BCUT2D eigenvalue weighted by Crippen LogP contribution is -2.53. The molecule has 3 aliphatic rings. The second-order valence-electron chi connectivity index (χ2n) is 7.69. The molecule has 0 aliphatic heterocycles. The number of hydrogen-bond acceptors (Lipinski definition) is 4. The number of azo groups is 1. The highest BCUT2D eigenvalue weighted by Crippen LogP contribution is 2.44. The van der Waals surface area contributed by atoms with E-state index in [2.05, 4.69) is 15.5 Å². The van der Waals surface area contributed by atoms with Crippen molar-refractivity contribution < 1.29 is 9.90 Å². The van der Waals surface area contributed by atoms with Gasteiger partial charge in [0.2, 0.25) is 5.91 Å². The summed E-state index contributed by atoms with van der Waals surface area (Å²) >= 11 is 0. The summed E-state index contributed by atoms with van der Waals surface area (Å²) < 4.78 is 0. The highest BCUT2D eigenvalue weighted by Gasteiger charge is 2.47. The molecule has 5 unspecified atom stereocenters. The molecule has 0 radical (unpaired) electrons. The zero-order valence-electron chi connectivity index (χ0n) is 14.3. The number of carbonyl (C=O) groups is 1. The normalized spacial score (nSPS) is 39.1. The average molecular weight is 321 g/mol. The summed E-state index contributed by atoms with van der Waals surface area (Å²) in [7, 11) is 1.66. The maximum absolute atomic E-state index is 12.8. The highest BCUT2D eigenvalue weighted by atomic mass is 16.3. The average Bonchev–Trinajstić information content (AvgIpc) is 2.58. The van der Waals surface area contributed by atoms with Crippen LogP contribution in [0.3, 0.4) is 0 Å². The molecule has 5 nitrogen and oxygen atoms in total. The first kappa shape index (κ1) is 16.9. The third kappa shape index (κ3) is 3.76. The number of rotatable bonds is 3. The summed E-state index contributed by atoms with van der Waals surface area (Å²) in [6.07, 6.45) is 10.7. The number of nitrogens with zero attached hydrogens (tertiary/aromatic N) is 2. The lowest BCUT2D eigenvalue weighted by molar-refractivity contribution is -0.135. The first-order valence-corrected chi connectivity index (χ1v) is 9.48. The molecule has 0 saturated heterocycles. The van der Waals surface area contributed by atoms with Crippen molar-refractivity contribution in [3.8, 4) is 0 Å². The molecule has 0 spiro atoms. The van der Waals surface area contributed by atoms with E-state index in [9.17, 15) is 9.90 Å². The van der Waals surface area contributed by atoms with E-state index in [0.717, 1.165) is 25.7 Å². The van der Waals surface area contributed by atoms with Crippen molar-refractivity contribution in [3.63, 3.8) is 0 Å². The molecule has 3 saturated carbocycles. The molecule has 0 aromatic rings. The quantitative estimate of drug-likeness (QED) is 0.784. The van der Waals surface area contributed by atoms with Crippen molar-refractivity contribution in [1.29, 1.82) is 0 Å². The molecule has 23 heavy (non-hydrogen) atoms. The molecule has 1 amide bonds. The summed E-state index contributed by atoms with van der Waals surface area (Å²) in [4.78, 5) is 12.8. The molecule has 0 aromatic heterocycles. The first-order chi connectivity index (χ1) is 11.2. The van der Waals surface area contributed by atoms with Gasteiger partial charge in [0, 0.05) is 13.1 Å². The molecule has 130 valence electrons. The molecule has 2 N–H and O–H groups in total. The topological polar surface area (TPSA) is 74.0 Å². The molecule has 3 rings (SSSR count). The second kappa shape index (κ2) is 7.73. The Morgan fingerprint density at radius 2 is 1.74 bits per heavy atom. The van der Waals surface area contributed by atoms with Crippen LogP contribution in [0.4, 0.5) is 0 Å². The van der Waals surface area contributed by atoms with Crippen LogP contribution in [0.5, 0.6) is 0 Å². The SMILES string of the molecule is CN=NC1C(O)C(C(=O)NC2CCCCC2)CC2CCCCC21. The lowest BCUT2D eigenvalue weighted by atomic mass is 9.64. The molecule has 0 heterocycles. The number of hydrogen-bond donors (Lipinski definition) is 2. The lowest BCUT2D eigenvalue weighted by Gasteiger charge is -2.45. The zero-order chi connectivity index (χ0) is 16.2. The van der Waals surface area contributed by atoms with Gasteiger partial charge in [0.15, 0.2) is 0 Å². The number of aliphatic hydroxyl groups excluding tert-OH is 1. The minimum Gasteiger partial charge on any atom is -0.390 e.